The fraction of sp³-hybridized carbons (Fsp3) is 0.630. The number of aliphatic hydroxyl groups is 2. The Hall–Kier alpha value is -2.04. The van der Waals surface area contributed by atoms with Crippen LogP contribution in [-0.2, 0) is 20.5 Å². The molecule has 2 N–H and O–H groups in total. The molecule has 1 aliphatic carbocycles. The molecule has 4 atom stereocenters. The topological polar surface area (TPSA) is 93.1 Å². The van der Waals surface area contributed by atoms with Crippen LogP contribution in [0.5, 0.6) is 5.75 Å². The van der Waals surface area contributed by atoms with Gasteiger partial charge in [-0.2, -0.15) is 24.9 Å². The number of alkyl halides is 3. The smallest absolute Gasteiger partial charge is 0.416 e. The van der Waals surface area contributed by atoms with Gasteiger partial charge in [-0.1, -0.05) is 44.4 Å². The maximum absolute atomic E-state index is 12.8. The van der Waals surface area contributed by atoms with Gasteiger partial charge >= 0.3 is 12.1 Å². The van der Waals surface area contributed by atoms with Crippen molar-refractivity contribution in [2.75, 3.05) is 19.0 Å². The molecule has 0 bridgehead atoms. The summed E-state index contributed by atoms with van der Waals surface area (Å²) in [6.07, 6.45) is 2.72. The largest absolute Gasteiger partial charge is 0.491 e. The predicted octanol–water partition coefficient (Wildman–Crippen LogP) is 5.35. The van der Waals surface area contributed by atoms with Crippen molar-refractivity contribution in [3.8, 4) is 5.75 Å². The van der Waals surface area contributed by atoms with Gasteiger partial charge in [0.2, 0.25) is 0 Å². The molecule has 208 valence electrons. The minimum absolute atomic E-state index is 0.00153. The number of Topliss-reactive ketones (excluding diaryl/α,β-unsaturated/α-hetero) is 1. The molecule has 0 aromatic heterocycles. The summed E-state index contributed by atoms with van der Waals surface area (Å²) in [6, 6.07) is 4.42. The second kappa shape index (κ2) is 16.0. The third-order valence-electron chi connectivity index (χ3n) is 6.02. The molecule has 6 nitrogen and oxygen atoms in total. The third-order valence-corrected chi connectivity index (χ3v) is 7.62. The van der Waals surface area contributed by atoms with Crippen molar-refractivity contribution in [2.45, 2.75) is 81.9 Å². The maximum atomic E-state index is 12.8. The first-order valence-electron chi connectivity index (χ1n) is 12.7. The lowest BCUT2D eigenvalue weighted by atomic mass is 10.0. The molecule has 0 amide bonds. The highest BCUT2D eigenvalue weighted by atomic mass is 32.2. The van der Waals surface area contributed by atoms with E-state index in [9.17, 15) is 33.0 Å². The molecule has 2 rings (SSSR count). The number of ether oxygens (including phenoxy) is 2. The Morgan fingerprint density at radius 1 is 1.24 bits per heavy atom. The van der Waals surface area contributed by atoms with E-state index in [1.165, 1.54) is 23.9 Å². The average Bonchev–Trinajstić information content (AvgIpc) is 3.12. The number of allylic oxidation sites excluding steroid dienone is 2. The van der Waals surface area contributed by atoms with E-state index < -0.39 is 35.1 Å². The predicted molar refractivity (Wildman–Crippen MR) is 136 cm³/mol. The van der Waals surface area contributed by atoms with E-state index in [4.69, 9.17) is 9.47 Å². The number of benzene rings is 1. The van der Waals surface area contributed by atoms with E-state index in [1.807, 2.05) is 12.2 Å². The Morgan fingerprint density at radius 2 is 2.03 bits per heavy atom. The monoisotopic (exact) mass is 546 g/mol. The molecular formula is C27H37F3O6S. The normalized spacial score (nSPS) is 20.9. The number of carbonyl (C=O) groups excluding carboxylic acids is 2. The van der Waals surface area contributed by atoms with Gasteiger partial charge in [0.25, 0.3) is 0 Å². The summed E-state index contributed by atoms with van der Waals surface area (Å²) in [5, 5.41) is 20.2. The lowest BCUT2D eigenvalue weighted by molar-refractivity contribution is -0.143. The van der Waals surface area contributed by atoms with Gasteiger partial charge < -0.3 is 19.7 Å². The van der Waals surface area contributed by atoms with E-state index in [0.717, 1.165) is 37.8 Å². The molecule has 1 fully saturated rings. The van der Waals surface area contributed by atoms with E-state index in [0.29, 0.717) is 19.4 Å². The third kappa shape index (κ3) is 11.5. The zero-order valence-corrected chi connectivity index (χ0v) is 21.9. The van der Waals surface area contributed by atoms with Crippen LogP contribution in [0.2, 0.25) is 0 Å². The Bertz CT molecular complexity index is 876. The standard InChI is InChI=1S/C27H37F3O6S/c1-2-3-4-8-14-35-25(34)13-7-5-6-12-22-23(32)16-24(33)26(22)37-18-20(31)17-36-21-11-9-10-19(15-21)27(28,29)30/h5-6,9-11,15,20,22,24,26,31,33H,2-4,7-8,12-14,16-18H2,1H3. The number of hydrogen-bond acceptors (Lipinski definition) is 7. The maximum Gasteiger partial charge on any atom is 0.416 e. The summed E-state index contributed by atoms with van der Waals surface area (Å²) in [7, 11) is 0. The van der Waals surface area contributed by atoms with E-state index in [-0.39, 0.29) is 42.7 Å². The first-order valence-corrected chi connectivity index (χ1v) is 13.8. The van der Waals surface area contributed by atoms with Gasteiger partial charge in [-0.15, -0.1) is 0 Å². The number of aliphatic hydroxyl groups excluding tert-OH is 2. The van der Waals surface area contributed by atoms with Crippen molar-refractivity contribution in [3.05, 3.63) is 42.0 Å². The van der Waals surface area contributed by atoms with Gasteiger partial charge in [0.15, 0.2) is 0 Å². The highest BCUT2D eigenvalue weighted by molar-refractivity contribution is 8.00. The number of carbonyl (C=O) groups is 2. The van der Waals surface area contributed by atoms with Gasteiger partial charge in [0.1, 0.15) is 18.1 Å². The number of rotatable bonds is 16. The lowest BCUT2D eigenvalue weighted by Crippen LogP contribution is -2.27. The summed E-state index contributed by atoms with van der Waals surface area (Å²) in [4.78, 5) is 24.1. The van der Waals surface area contributed by atoms with Crippen LogP contribution in [-0.4, -0.2) is 58.4 Å². The first kappa shape index (κ1) is 31.2. The summed E-state index contributed by atoms with van der Waals surface area (Å²) in [5.41, 5.74) is -0.836. The highest BCUT2D eigenvalue weighted by Gasteiger charge is 2.41. The Morgan fingerprint density at radius 3 is 2.76 bits per heavy atom. The lowest BCUT2D eigenvalue weighted by Gasteiger charge is -2.21. The van der Waals surface area contributed by atoms with Gasteiger partial charge in [-0.3, -0.25) is 9.59 Å². The molecular weight excluding hydrogens is 509 g/mol. The van der Waals surface area contributed by atoms with Crippen LogP contribution in [0.25, 0.3) is 0 Å². The van der Waals surface area contributed by atoms with Gasteiger partial charge in [0, 0.05) is 29.8 Å². The Balaban J connectivity index is 1.72. The molecule has 1 saturated carbocycles. The van der Waals surface area contributed by atoms with Gasteiger partial charge in [-0.25, -0.2) is 0 Å². The molecule has 1 aromatic carbocycles. The molecule has 1 aromatic rings. The first-order chi connectivity index (χ1) is 17.6. The van der Waals surface area contributed by atoms with Crippen molar-refractivity contribution in [1.29, 1.82) is 0 Å². The number of ketones is 1. The SMILES string of the molecule is CCCCCCOC(=O)CCC=CCC1C(=O)CC(O)C1SCC(O)COc1cccc(C(F)(F)F)c1. The molecule has 1 aliphatic rings. The van der Waals surface area contributed by atoms with Crippen LogP contribution in [0.1, 0.15) is 63.9 Å². The van der Waals surface area contributed by atoms with E-state index >= 15 is 0 Å². The molecule has 10 heteroatoms. The van der Waals surface area contributed by atoms with E-state index in [1.54, 1.807) is 0 Å². The number of unbranched alkanes of at least 4 members (excludes halogenated alkanes) is 3. The van der Waals surface area contributed by atoms with Crippen LogP contribution >= 0.6 is 11.8 Å². The summed E-state index contributed by atoms with van der Waals surface area (Å²) in [6.45, 7) is 2.34. The van der Waals surface area contributed by atoms with Crippen LogP contribution < -0.4 is 4.74 Å². The quantitative estimate of drug-likeness (QED) is 0.164. The molecule has 0 aliphatic heterocycles. The van der Waals surface area contributed by atoms with Crippen molar-refractivity contribution in [2.24, 2.45) is 5.92 Å². The van der Waals surface area contributed by atoms with Crippen molar-refractivity contribution < 1.29 is 42.4 Å². The summed E-state index contributed by atoms with van der Waals surface area (Å²) in [5.74, 6) is -0.575. The van der Waals surface area contributed by atoms with Gasteiger partial charge in [0.05, 0.1) is 24.4 Å². The van der Waals surface area contributed by atoms with E-state index in [2.05, 4.69) is 6.92 Å². The number of halogens is 3. The fourth-order valence-electron chi connectivity index (χ4n) is 3.99. The number of thioether (sulfide) groups is 1. The molecule has 0 heterocycles. The fourth-order valence-corrected chi connectivity index (χ4v) is 5.35. The van der Waals surface area contributed by atoms with Crippen LogP contribution in [0.4, 0.5) is 13.2 Å². The van der Waals surface area contributed by atoms with Crippen molar-refractivity contribution in [3.63, 3.8) is 0 Å². The average molecular weight is 547 g/mol. The second-order valence-electron chi connectivity index (χ2n) is 9.16. The molecule has 4 unspecified atom stereocenters. The molecule has 0 saturated heterocycles. The molecule has 0 spiro atoms. The minimum atomic E-state index is -4.49. The number of hydrogen-bond donors (Lipinski definition) is 2. The summed E-state index contributed by atoms with van der Waals surface area (Å²) < 4.78 is 49.0. The summed E-state index contributed by atoms with van der Waals surface area (Å²) >= 11 is 1.25. The van der Waals surface area contributed by atoms with Crippen LogP contribution in [0.15, 0.2) is 36.4 Å². The second-order valence-corrected chi connectivity index (χ2v) is 10.4. The van der Waals surface area contributed by atoms with Crippen molar-refractivity contribution >= 4 is 23.5 Å². The zero-order valence-electron chi connectivity index (χ0n) is 21.1. The Kier molecular flexibility index (Phi) is 13.5. The highest BCUT2D eigenvalue weighted by Crippen LogP contribution is 2.36. The number of esters is 1. The Labute approximate surface area is 220 Å². The van der Waals surface area contributed by atoms with Gasteiger partial charge in [-0.05, 0) is 37.5 Å². The van der Waals surface area contributed by atoms with Crippen molar-refractivity contribution in [1.82, 2.24) is 0 Å². The zero-order chi connectivity index (χ0) is 27.3. The molecule has 37 heavy (non-hydrogen) atoms. The van der Waals surface area contributed by atoms with Crippen LogP contribution in [0.3, 0.4) is 0 Å². The molecule has 0 radical (unpaired) electrons. The van der Waals surface area contributed by atoms with Crippen LogP contribution in [0, 0.1) is 5.92 Å². The minimum Gasteiger partial charge on any atom is -0.491 e.